The fraction of sp³-hybridized carbons (Fsp3) is 0.357. The van der Waals surface area contributed by atoms with Gasteiger partial charge in [0.05, 0.1) is 31.7 Å². The first-order valence-electron chi connectivity index (χ1n) is 6.31. The van der Waals surface area contributed by atoms with Crippen LogP contribution >= 0.6 is 0 Å². The Bertz CT molecular complexity index is 751. The van der Waals surface area contributed by atoms with Crippen molar-refractivity contribution in [2.24, 2.45) is 7.05 Å². The van der Waals surface area contributed by atoms with E-state index in [9.17, 15) is 9.59 Å². The summed E-state index contributed by atoms with van der Waals surface area (Å²) in [7, 11) is 4.63. The number of benzene rings is 1. The molecule has 7 nitrogen and oxygen atoms in total. The van der Waals surface area contributed by atoms with E-state index in [0.29, 0.717) is 22.5 Å². The van der Waals surface area contributed by atoms with Crippen LogP contribution in [0.4, 0.5) is 0 Å². The molecular weight excluding hydrogens is 276 g/mol. The van der Waals surface area contributed by atoms with Crippen molar-refractivity contribution in [3.05, 3.63) is 28.2 Å². The average Bonchev–Trinajstić information content (AvgIpc) is 2.48. The molecular formula is C14H16N2O5. The second-order valence-corrected chi connectivity index (χ2v) is 4.51. The predicted octanol–water partition coefficient (Wildman–Crippen LogP) is 0.968. The molecule has 2 aromatic rings. The number of fused-ring (bicyclic) bond motifs is 1. The zero-order chi connectivity index (χ0) is 15.6. The molecule has 1 N–H and O–H groups in total. The number of ether oxygens (including phenoxy) is 2. The van der Waals surface area contributed by atoms with Crippen LogP contribution < -0.4 is 15.0 Å². The summed E-state index contributed by atoms with van der Waals surface area (Å²) < 4.78 is 11.8. The summed E-state index contributed by atoms with van der Waals surface area (Å²) >= 11 is 0. The van der Waals surface area contributed by atoms with Crippen molar-refractivity contribution in [2.75, 3.05) is 14.2 Å². The van der Waals surface area contributed by atoms with Crippen LogP contribution in [0.2, 0.25) is 0 Å². The minimum absolute atomic E-state index is 0.0896. The number of carboxylic acid groups (broad SMARTS) is 1. The fourth-order valence-electron chi connectivity index (χ4n) is 2.10. The molecule has 0 fully saturated rings. The lowest BCUT2D eigenvalue weighted by Crippen LogP contribution is -2.24. The van der Waals surface area contributed by atoms with Crippen LogP contribution in [-0.2, 0) is 18.3 Å². The number of aryl methyl sites for hydroxylation is 2. The van der Waals surface area contributed by atoms with Gasteiger partial charge in [-0.3, -0.25) is 9.59 Å². The van der Waals surface area contributed by atoms with Crippen molar-refractivity contribution in [3.63, 3.8) is 0 Å². The van der Waals surface area contributed by atoms with Crippen LogP contribution in [0.5, 0.6) is 11.5 Å². The molecule has 0 unspecified atom stereocenters. The maximum absolute atomic E-state index is 12.2. The standard InChI is InChI=1S/C14H16N2O5/c1-16-10-7-12(21-3)11(20-2)6-9(10)15-8(14(16)19)4-5-13(17)18/h6-7H,4-5H2,1-3H3,(H,17,18). The van der Waals surface area contributed by atoms with Crippen molar-refractivity contribution in [3.8, 4) is 11.5 Å². The van der Waals surface area contributed by atoms with E-state index in [1.807, 2.05) is 0 Å². The third kappa shape index (κ3) is 2.81. The van der Waals surface area contributed by atoms with Crippen LogP contribution in [-0.4, -0.2) is 34.8 Å². The Morgan fingerprint density at radius 3 is 2.48 bits per heavy atom. The fourth-order valence-corrected chi connectivity index (χ4v) is 2.10. The van der Waals surface area contributed by atoms with Crippen molar-refractivity contribution in [2.45, 2.75) is 12.8 Å². The predicted molar refractivity (Wildman–Crippen MR) is 76.0 cm³/mol. The first-order chi connectivity index (χ1) is 9.97. The molecule has 1 aromatic carbocycles. The lowest BCUT2D eigenvalue weighted by molar-refractivity contribution is -0.136. The summed E-state index contributed by atoms with van der Waals surface area (Å²) in [6.45, 7) is 0. The number of hydrogen-bond donors (Lipinski definition) is 1. The Morgan fingerprint density at radius 1 is 1.29 bits per heavy atom. The molecule has 0 aliphatic heterocycles. The van der Waals surface area contributed by atoms with Gasteiger partial charge in [-0.1, -0.05) is 0 Å². The van der Waals surface area contributed by atoms with Gasteiger partial charge in [-0.05, 0) is 0 Å². The van der Waals surface area contributed by atoms with Gasteiger partial charge in [-0.25, -0.2) is 4.98 Å². The number of aliphatic carboxylic acids is 1. The van der Waals surface area contributed by atoms with Crippen molar-refractivity contribution in [1.82, 2.24) is 9.55 Å². The van der Waals surface area contributed by atoms with Crippen LogP contribution in [0.25, 0.3) is 11.0 Å². The number of hydrogen-bond acceptors (Lipinski definition) is 5. The monoisotopic (exact) mass is 292 g/mol. The third-order valence-electron chi connectivity index (χ3n) is 3.22. The van der Waals surface area contributed by atoms with E-state index in [-0.39, 0.29) is 24.1 Å². The lowest BCUT2D eigenvalue weighted by atomic mass is 10.2. The second kappa shape index (κ2) is 5.82. The highest BCUT2D eigenvalue weighted by Gasteiger charge is 2.13. The van der Waals surface area contributed by atoms with Gasteiger partial charge < -0.3 is 19.1 Å². The van der Waals surface area contributed by atoms with E-state index in [1.54, 1.807) is 19.2 Å². The maximum Gasteiger partial charge on any atom is 0.303 e. The summed E-state index contributed by atoms with van der Waals surface area (Å²) in [5.41, 5.74) is 1.06. The minimum Gasteiger partial charge on any atom is -0.493 e. The highest BCUT2D eigenvalue weighted by molar-refractivity contribution is 5.79. The number of nitrogens with zero attached hydrogens (tertiary/aromatic N) is 2. The molecule has 0 radical (unpaired) electrons. The van der Waals surface area contributed by atoms with E-state index < -0.39 is 5.97 Å². The van der Waals surface area contributed by atoms with Crippen LogP contribution in [0, 0.1) is 0 Å². The van der Waals surface area contributed by atoms with E-state index in [4.69, 9.17) is 14.6 Å². The molecule has 0 saturated carbocycles. The first kappa shape index (κ1) is 14.8. The molecule has 1 aromatic heterocycles. The molecule has 7 heteroatoms. The molecule has 0 aliphatic rings. The Hall–Kier alpha value is -2.57. The van der Waals surface area contributed by atoms with Crippen LogP contribution in [0.3, 0.4) is 0 Å². The number of carboxylic acids is 1. The highest BCUT2D eigenvalue weighted by atomic mass is 16.5. The zero-order valence-electron chi connectivity index (χ0n) is 12.0. The van der Waals surface area contributed by atoms with Gasteiger partial charge in [0.25, 0.3) is 5.56 Å². The zero-order valence-corrected chi connectivity index (χ0v) is 12.0. The van der Waals surface area contributed by atoms with Crippen molar-refractivity contribution >= 4 is 17.0 Å². The highest BCUT2D eigenvalue weighted by Crippen LogP contribution is 2.30. The quantitative estimate of drug-likeness (QED) is 0.883. The van der Waals surface area contributed by atoms with Gasteiger partial charge in [0, 0.05) is 25.6 Å². The smallest absolute Gasteiger partial charge is 0.303 e. The summed E-state index contributed by atoms with van der Waals surface area (Å²) in [5.74, 6) is 0.0340. The molecule has 0 bridgehead atoms. The summed E-state index contributed by atoms with van der Waals surface area (Å²) in [6.07, 6.45) is -0.0483. The molecule has 21 heavy (non-hydrogen) atoms. The number of rotatable bonds is 5. The summed E-state index contributed by atoms with van der Waals surface area (Å²) in [6, 6.07) is 3.33. The summed E-state index contributed by atoms with van der Waals surface area (Å²) in [5, 5.41) is 8.73. The van der Waals surface area contributed by atoms with Crippen LogP contribution in [0.15, 0.2) is 16.9 Å². The Labute approximate surface area is 120 Å². The number of carbonyl (C=O) groups is 1. The Morgan fingerprint density at radius 2 is 1.90 bits per heavy atom. The van der Waals surface area contributed by atoms with Gasteiger partial charge in [0.2, 0.25) is 0 Å². The van der Waals surface area contributed by atoms with E-state index in [1.165, 1.54) is 18.8 Å². The first-order valence-corrected chi connectivity index (χ1v) is 6.31. The Kier molecular flexibility index (Phi) is 4.11. The van der Waals surface area contributed by atoms with Gasteiger partial charge in [0.15, 0.2) is 11.5 Å². The SMILES string of the molecule is COc1cc2nc(CCC(=O)O)c(=O)n(C)c2cc1OC. The normalized spacial score (nSPS) is 10.6. The Balaban J connectivity index is 2.63. The van der Waals surface area contributed by atoms with E-state index in [2.05, 4.69) is 4.98 Å². The second-order valence-electron chi connectivity index (χ2n) is 4.51. The van der Waals surface area contributed by atoms with Crippen molar-refractivity contribution in [1.29, 1.82) is 0 Å². The molecule has 1 heterocycles. The number of aromatic nitrogens is 2. The van der Waals surface area contributed by atoms with Gasteiger partial charge in [-0.2, -0.15) is 0 Å². The largest absolute Gasteiger partial charge is 0.493 e. The molecule has 0 aliphatic carbocycles. The average molecular weight is 292 g/mol. The summed E-state index contributed by atoms with van der Waals surface area (Å²) in [4.78, 5) is 27.1. The van der Waals surface area contributed by atoms with E-state index >= 15 is 0 Å². The molecule has 0 atom stereocenters. The van der Waals surface area contributed by atoms with Gasteiger partial charge >= 0.3 is 5.97 Å². The number of methoxy groups -OCH3 is 2. The third-order valence-corrected chi connectivity index (χ3v) is 3.22. The molecule has 0 amide bonds. The van der Waals surface area contributed by atoms with Crippen LogP contribution in [0.1, 0.15) is 12.1 Å². The van der Waals surface area contributed by atoms with Crippen molar-refractivity contribution < 1.29 is 19.4 Å². The molecule has 2 rings (SSSR count). The lowest BCUT2D eigenvalue weighted by Gasteiger charge is -2.12. The molecule has 0 spiro atoms. The molecule has 0 saturated heterocycles. The molecule has 112 valence electrons. The van der Waals surface area contributed by atoms with Gasteiger partial charge in [0.1, 0.15) is 5.69 Å². The van der Waals surface area contributed by atoms with E-state index in [0.717, 1.165) is 0 Å². The van der Waals surface area contributed by atoms with Gasteiger partial charge in [-0.15, -0.1) is 0 Å². The topological polar surface area (TPSA) is 90.7 Å². The maximum atomic E-state index is 12.2. The minimum atomic E-state index is -0.966.